The molecule has 0 aromatic rings. The minimum atomic E-state index is 0.125. The first-order valence-corrected chi connectivity index (χ1v) is 4.96. The van der Waals surface area contributed by atoms with E-state index in [1.807, 2.05) is 6.92 Å². The second kappa shape index (κ2) is 7.39. The summed E-state index contributed by atoms with van der Waals surface area (Å²) < 4.78 is 0. The van der Waals surface area contributed by atoms with Crippen LogP contribution in [-0.2, 0) is 0 Å². The molecular formula is C9H17ClN2. The Hall–Kier alpha value is -0.260. The third-order valence-electron chi connectivity index (χ3n) is 1.81. The van der Waals surface area contributed by atoms with Crippen molar-refractivity contribution in [2.45, 2.75) is 20.3 Å². The van der Waals surface area contributed by atoms with Crippen molar-refractivity contribution in [3.05, 3.63) is 0 Å². The zero-order valence-electron chi connectivity index (χ0n) is 7.89. The molecule has 2 nitrogen and oxygen atoms in total. The average Bonchev–Trinajstić information content (AvgIpc) is 2.11. The van der Waals surface area contributed by atoms with E-state index in [1.165, 1.54) is 0 Å². The van der Waals surface area contributed by atoms with E-state index in [2.05, 4.69) is 17.9 Å². The highest BCUT2D eigenvalue weighted by atomic mass is 35.5. The van der Waals surface area contributed by atoms with E-state index in [0.717, 1.165) is 26.1 Å². The maximum absolute atomic E-state index is 8.60. The fraction of sp³-hybridized carbons (Fsp3) is 0.889. The van der Waals surface area contributed by atoms with Gasteiger partial charge in [-0.15, -0.1) is 11.6 Å². The fourth-order valence-corrected chi connectivity index (χ4v) is 1.21. The second-order valence-electron chi connectivity index (χ2n) is 2.97. The molecule has 12 heavy (non-hydrogen) atoms. The molecule has 0 aliphatic carbocycles. The number of hydrogen-bond acceptors (Lipinski definition) is 2. The van der Waals surface area contributed by atoms with E-state index >= 15 is 0 Å². The lowest BCUT2D eigenvalue weighted by Gasteiger charge is -2.20. The maximum atomic E-state index is 8.60. The Kier molecular flexibility index (Phi) is 7.23. The molecule has 1 atom stereocenters. The predicted octanol–water partition coefficient (Wildman–Crippen LogP) is 2.10. The number of nitrogens with zero attached hydrogens (tertiary/aromatic N) is 2. The van der Waals surface area contributed by atoms with Crippen molar-refractivity contribution in [1.29, 1.82) is 5.26 Å². The van der Waals surface area contributed by atoms with Gasteiger partial charge in [0.2, 0.25) is 0 Å². The number of alkyl halides is 1. The first-order chi connectivity index (χ1) is 5.74. The molecule has 0 aromatic heterocycles. The van der Waals surface area contributed by atoms with Crippen molar-refractivity contribution in [2.24, 2.45) is 5.92 Å². The van der Waals surface area contributed by atoms with E-state index in [9.17, 15) is 0 Å². The van der Waals surface area contributed by atoms with Crippen LogP contribution >= 0.6 is 11.6 Å². The molecule has 0 N–H and O–H groups in total. The minimum Gasteiger partial charge on any atom is -0.302 e. The van der Waals surface area contributed by atoms with Crippen LogP contribution in [0, 0.1) is 17.2 Å². The van der Waals surface area contributed by atoms with Crippen LogP contribution in [0.1, 0.15) is 20.3 Å². The Bertz CT molecular complexity index is 142. The molecule has 0 aromatic carbocycles. The minimum absolute atomic E-state index is 0.125. The Balaban J connectivity index is 3.60. The highest BCUT2D eigenvalue weighted by Gasteiger charge is 2.06. The molecule has 1 unspecified atom stereocenters. The zero-order chi connectivity index (χ0) is 9.40. The van der Waals surface area contributed by atoms with Crippen molar-refractivity contribution in [2.75, 3.05) is 25.5 Å². The lowest BCUT2D eigenvalue weighted by Crippen LogP contribution is -2.29. The van der Waals surface area contributed by atoms with Crippen LogP contribution in [0.4, 0.5) is 0 Å². The first-order valence-electron chi connectivity index (χ1n) is 4.42. The number of rotatable bonds is 6. The summed E-state index contributed by atoms with van der Waals surface area (Å²) in [6.07, 6.45) is 1.01. The largest absolute Gasteiger partial charge is 0.302 e. The summed E-state index contributed by atoms with van der Waals surface area (Å²) in [6.45, 7) is 6.93. The first kappa shape index (κ1) is 11.7. The molecule has 0 bridgehead atoms. The van der Waals surface area contributed by atoms with Crippen LogP contribution < -0.4 is 0 Å². The molecule has 0 saturated carbocycles. The van der Waals surface area contributed by atoms with Crippen molar-refractivity contribution < 1.29 is 0 Å². The Morgan fingerprint density at radius 1 is 1.58 bits per heavy atom. The van der Waals surface area contributed by atoms with Crippen molar-refractivity contribution in [3.63, 3.8) is 0 Å². The van der Waals surface area contributed by atoms with Gasteiger partial charge in [0.15, 0.2) is 0 Å². The van der Waals surface area contributed by atoms with Gasteiger partial charge in [-0.3, -0.25) is 0 Å². The normalized spacial score (nSPS) is 12.9. The van der Waals surface area contributed by atoms with Crippen LogP contribution in [0.25, 0.3) is 0 Å². The van der Waals surface area contributed by atoms with Crippen molar-refractivity contribution in [1.82, 2.24) is 4.90 Å². The fourth-order valence-electron chi connectivity index (χ4n) is 1.09. The number of nitriles is 1. The zero-order valence-corrected chi connectivity index (χ0v) is 8.64. The van der Waals surface area contributed by atoms with Crippen molar-refractivity contribution >= 4 is 11.6 Å². The number of hydrogen-bond donors (Lipinski definition) is 0. The van der Waals surface area contributed by atoms with Crippen LogP contribution in [0.2, 0.25) is 0 Å². The van der Waals surface area contributed by atoms with Crippen molar-refractivity contribution in [3.8, 4) is 6.07 Å². The molecule has 0 fully saturated rings. The van der Waals surface area contributed by atoms with Gasteiger partial charge in [-0.2, -0.15) is 5.26 Å². The third kappa shape index (κ3) is 5.40. The second-order valence-corrected chi connectivity index (χ2v) is 3.34. The van der Waals surface area contributed by atoms with Gasteiger partial charge < -0.3 is 4.90 Å². The summed E-state index contributed by atoms with van der Waals surface area (Å²) >= 11 is 5.58. The molecular weight excluding hydrogens is 172 g/mol. The van der Waals surface area contributed by atoms with Gasteiger partial charge in [0, 0.05) is 12.4 Å². The van der Waals surface area contributed by atoms with E-state index in [1.54, 1.807) is 0 Å². The van der Waals surface area contributed by atoms with Crippen LogP contribution in [0.5, 0.6) is 0 Å². The average molecular weight is 189 g/mol. The highest BCUT2D eigenvalue weighted by Crippen LogP contribution is 1.99. The summed E-state index contributed by atoms with van der Waals surface area (Å²) in [6, 6.07) is 2.23. The van der Waals surface area contributed by atoms with Gasteiger partial charge in [0.05, 0.1) is 12.0 Å². The monoisotopic (exact) mass is 188 g/mol. The third-order valence-corrected chi connectivity index (χ3v) is 2.07. The van der Waals surface area contributed by atoms with Gasteiger partial charge in [0.25, 0.3) is 0 Å². The summed E-state index contributed by atoms with van der Waals surface area (Å²) in [7, 11) is 0. The number of halogens is 1. The molecule has 0 aliphatic heterocycles. The smallest absolute Gasteiger partial charge is 0.0666 e. The standard InChI is InChI=1S/C9H17ClN2/c1-3-12(6-4-5-10)8-9(2)7-11/h9H,3-6,8H2,1-2H3. The summed E-state index contributed by atoms with van der Waals surface area (Å²) in [5.41, 5.74) is 0. The Morgan fingerprint density at radius 3 is 2.67 bits per heavy atom. The maximum Gasteiger partial charge on any atom is 0.0666 e. The van der Waals surface area contributed by atoms with Crippen LogP contribution in [0.3, 0.4) is 0 Å². The van der Waals surface area contributed by atoms with E-state index < -0.39 is 0 Å². The molecule has 3 heteroatoms. The molecule has 0 rings (SSSR count). The predicted molar refractivity (Wildman–Crippen MR) is 52.2 cm³/mol. The topological polar surface area (TPSA) is 27.0 Å². The van der Waals surface area contributed by atoms with E-state index in [4.69, 9.17) is 16.9 Å². The quantitative estimate of drug-likeness (QED) is 0.597. The molecule has 0 heterocycles. The van der Waals surface area contributed by atoms with E-state index in [-0.39, 0.29) is 5.92 Å². The lowest BCUT2D eigenvalue weighted by molar-refractivity contribution is 0.269. The molecule has 70 valence electrons. The Morgan fingerprint density at radius 2 is 2.25 bits per heavy atom. The Labute approximate surface area is 80.1 Å². The molecule has 0 aliphatic rings. The van der Waals surface area contributed by atoms with Gasteiger partial charge in [-0.05, 0) is 26.4 Å². The van der Waals surface area contributed by atoms with Gasteiger partial charge >= 0.3 is 0 Å². The van der Waals surface area contributed by atoms with Gasteiger partial charge in [-0.25, -0.2) is 0 Å². The molecule has 0 amide bonds. The molecule has 0 spiro atoms. The summed E-state index contributed by atoms with van der Waals surface area (Å²) in [4.78, 5) is 2.26. The lowest BCUT2D eigenvalue weighted by atomic mass is 10.2. The summed E-state index contributed by atoms with van der Waals surface area (Å²) in [5, 5.41) is 8.60. The van der Waals surface area contributed by atoms with Crippen LogP contribution in [0.15, 0.2) is 0 Å². The molecule has 0 saturated heterocycles. The van der Waals surface area contributed by atoms with E-state index in [0.29, 0.717) is 5.88 Å². The van der Waals surface area contributed by atoms with Gasteiger partial charge in [-0.1, -0.05) is 6.92 Å². The SMILES string of the molecule is CCN(CCCCl)CC(C)C#N. The van der Waals surface area contributed by atoms with Crippen LogP contribution in [-0.4, -0.2) is 30.4 Å². The molecule has 0 radical (unpaired) electrons. The van der Waals surface area contributed by atoms with Gasteiger partial charge in [0.1, 0.15) is 0 Å². The highest BCUT2D eigenvalue weighted by molar-refractivity contribution is 6.17. The summed E-state index contributed by atoms with van der Waals surface area (Å²) in [5.74, 6) is 0.831.